The van der Waals surface area contributed by atoms with E-state index in [-0.39, 0.29) is 12.1 Å². The topological polar surface area (TPSA) is 57.5 Å². The van der Waals surface area contributed by atoms with Crippen molar-refractivity contribution in [2.24, 2.45) is 0 Å². The van der Waals surface area contributed by atoms with Crippen LogP contribution in [0.5, 0.6) is 0 Å². The monoisotopic (exact) mass is 288 g/mol. The Bertz CT molecular complexity index is 459. The van der Waals surface area contributed by atoms with Crippen LogP contribution in [0.1, 0.15) is 22.8 Å². The van der Waals surface area contributed by atoms with E-state index in [9.17, 15) is 31.1 Å². The SMILES string of the molecule is O=C(O)[C@@H](O)c1c(C(F)(F)F)cccc1C(F)(F)F. The van der Waals surface area contributed by atoms with Gasteiger partial charge in [0.15, 0.2) is 6.10 Å². The third-order valence-corrected chi connectivity index (χ3v) is 2.22. The highest BCUT2D eigenvalue weighted by Crippen LogP contribution is 2.41. The normalized spacial score (nSPS) is 14.3. The standard InChI is InChI=1S/C10H6F6O3/c11-9(12,13)4-2-1-3-5(10(14,15)16)6(4)7(17)8(18)19/h1-3,7,17H,(H,18,19)/t7-/m0/s1. The van der Waals surface area contributed by atoms with E-state index in [0.29, 0.717) is 6.07 Å². The maximum absolute atomic E-state index is 12.6. The number of carbonyl (C=O) groups is 1. The molecule has 0 aliphatic carbocycles. The van der Waals surface area contributed by atoms with E-state index >= 15 is 0 Å². The van der Waals surface area contributed by atoms with Crippen molar-refractivity contribution in [2.45, 2.75) is 18.5 Å². The fourth-order valence-electron chi connectivity index (χ4n) is 1.48. The summed E-state index contributed by atoms with van der Waals surface area (Å²) in [6, 6.07) is 1.04. The van der Waals surface area contributed by atoms with Crippen molar-refractivity contribution in [1.82, 2.24) is 0 Å². The molecule has 0 spiro atoms. The summed E-state index contributed by atoms with van der Waals surface area (Å²) in [6.07, 6.45) is -13.4. The van der Waals surface area contributed by atoms with Gasteiger partial charge in [-0.05, 0) is 12.1 Å². The first kappa shape index (κ1) is 15.3. The number of aliphatic hydroxyl groups is 1. The number of benzene rings is 1. The molecule has 106 valence electrons. The molecule has 0 bridgehead atoms. The molecule has 0 amide bonds. The fraction of sp³-hybridized carbons (Fsp3) is 0.300. The van der Waals surface area contributed by atoms with Gasteiger partial charge in [-0.3, -0.25) is 0 Å². The summed E-state index contributed by atoms with van der Waals surface area (Å²) in [6.45, 7) is 0. The van der Waals surface area contributed by atoms with Crippen molar-refractivity contribution >= 4 is 5.97 Å². The van der Waals surface area contributed by atoms with Crippen LogP contribution in [0.15, 0.2) is 18.2 Å². The number of hydrogen-bond acceptors (Lipinski definition) is 2. The molecule has 3 nitrogen and oxygen atoms in total. The van der Waals surface area contributed by atoms with E-state index in [1.54, 1.807) is 0 Å². The molecular weight excluding hydrogens is 282 g/mol. The molecule has 9 heteroatoms. The highest BCUT2D eigenvalue weighted by atomic mass is 19.4. The van der Waals surface area contributed by atoms with Gasteiger partial charge in [0.25, 0.3) is 0 Å². The zero-order valence-electron chi connectivity index (χ0n) is 8.88. The van der Waals surface area contributed by atoms with Crippen molar-refractivity contribution in [2.75, 3.05) is 0 Å². The van der Waals surface area contributed by atoms with Crippen LogP contribution in [-0.2, 0) is 17.1 Å². The Balaban J connectivity index is 3.64. The van der Waals surface area contributed by atoms with E-state index in [0.717, 1.165) is 0 Å². The predicted octanol–water partition coefficient (Wildman–Crippen LogP) is 2.84. The lowest BCUT2D eigenvalue weighted by molar-refractivity contribution is -0.153. The molecule has 0 radical (unpaired) electrons. The van der Waals surface area contributed by atoms with Crippen molar-refractivity contribution in [3.05, 3.63) is 34.9 Å². The van der Waals surface area contributed by atoms with E-state index in [1.807, 2.05) is 0 Å². The number of carboxylic acid groups (broad SMARTS) is 1. The predicted molar refractivity (Wildman–Crippen MR) is 49.0 cm³/mol. The van der Waals surface area contributed by atoms with Crippen LogP contribution >= 0.6 is 0 Å². The third kappa shape index (κ3) is 3.16. The first-order valence-corrected chi connectivity index (χ1v) is 4.64. The highest BCUT2D eigenvalue weighted by molar-refractivity contribution is 5.75. The first-order chi connectivity index (χ1) is 8.46. The zero-order valence-corrected chi connectivity index (χ0v) is 8.88. The fourth-order valence-corrected chi connectivity index (χ4v) is 1.48. The van der Waals surface area contributed by atoms with Gasteiger partial charge in [-0.2, -0.15) is 26.3 Å². The molecule has 0 saturated heterocycles. The number of halogens is 6. The van der Waals surface area contributed by atoms with Gasteiger partial charge in [-0.15, -0.1) is 0 Å². The van der Waals surface area contributed by atoms with Gasteiger partial charge in [-0.1, -0.05) is 6.07 Å². The number of hydrogen-bond donors (Lipinski definition) is 2. The maximum Gasteiger partial charge on any atom is 0.416 e. The minimum atomic E-state index is -5.22. The lowest BCUT2D eigenvalue weighted by Gasteiger charge is -2.20. The second-order valence-corrected chi connectivity index (χ2v) is 3.50. The molecule has 1 aromatic carbocycles. The van der Waals surface area contributed by atoms with Crippen LogP contribution in [0.4, 0.5) is 26.3 Å². The molecule has 2 N–H and O–H groups in total. The smallest absolute Gasteiger partial charge is 0.416 e. The Morgan fingerprint density at radius 1 is 1.00 bits per heavy atom. The Labute approximate surface area is 102 Å². The molecular formula is C10H6F6O3. The summed E-state index contributed by atoms with van der Waals surface area (Å²) >= 11 is 0. The van der Waals surface area contributed by atoms with Crippen LogP contribution < -0.4 is 0 Å². The van der Waals surface area contributed by atoms with Crippen LogP contribution in [0.2, 0.25) is 0 Å². The minimum Gasteiger partial charge on any atom is -0.479 e. The summed E-state index contributed by atoms with van der Waals surface area (Å²) in [7, 11) is 0. The van der Waals surface area contributed by atoms with Gasteiger partial charge in [0.05, 0.1) is 11.1 Å². The summed E-state index contributed by atoms with van der Waals surface area (Å²) in [5, 5.41) is 17.5. The molecule has 0 heterocycles. The Morgan fingerprint density at radius 2 is 1.37 bits per heavy atom. The number of alkyl halides is 6. The van der Waals surface area contributed by atoms with E-state index in [4.69, 9.17) is 10.2 Å². The molecule has 0 fully saturated rings. The van der Waals surface area contributed by atoms with Gasteiger partial charge in [0.2, 0.25) is 0 Å². The molecule has 1 atom stereocenters. The number of aliphatic carboxylic acids is 1. The zero-order chi connectivity index (χ0) is 15.0. The average Bonchev–Trinajstić information content (AvgIpc) is 2.24. The van der Waals surface area contributed by atoms with Crippen LogP contribution in [0.25, 0.3) is 0 Å². The van der Waals surface area contributed by atoms with Crippen molar-refractivity contribution in [3.8, 4) is 0 Å². The van der Waals surface area contributed by atoms with E-state index < -0.39 is 41.1 Å². The quantitative estimate of drug-likeness (QED) is 0.823. The Hall–Kier alpha value is -1.77. The summed E-state index contributed by atoms with van der Waals surface area (Å²) < 4.78 is 75.4. The van der Waals surface area contributed by atoms with Gasteiger partial charge < -0.3 is 10.2 Å². The summed E-state index contributed by atoms with van der Waals surface area (Å²) in [5.74, 6) is -2.21. The molecule has 0 unspecified atom stereocenters. The summed E-state index contributed by atoms with van der Waals surface area (Å²) in [4.78, 5) is 10.5. The lowest BCUT2D eigenvalue weighted by Crippen LogP contribution is -2.22. The molecule has 0 aromatic heterocycles. The number of carboxylic acids is 1. The molecule has 0 aliphatic rings. The van der Waals surface area contributed by atoms with Crippen molar-refractivity contribution in [3.63, 3.8) is 0 Å². The first-order valence-electron chi connectivity index (χ1n) is 4.64. The maximum atomic E-state index is 12.6. The minimum absolute atomic E-state index is 0.275. The second-order valence-electron chi connectivity index (χ2n) is 3.50. The molecule has 19 heavy (non-hydrogen) atoms. The van der Waals surface area contributed by atoms with Gasteiger partial charge in [-0.25, -0.2) is 4.79 Å². The van der Waals surface area contributed by atoms with Crippen molar-refractivity contribution in [1.29, 1.82) is 0 Å². The average molecular weight is 288 g/mol. The molecule has 1 aromatic rings. The molecule has 1 rings (SSSR count). The molecule has 0 saturated carbocycles. The number of rotatable bonds is 2. The molecule has 0 aliphatic heterocycles. The van der Waals surface area contributed by atoms with E-state index in [1.165, 1.54) is 0 Å². The van der Waals surface area contributed by atoms with Gasteiger partial charge in [0.1, 0.15) is 0 Å². The van der Waals surface area contributed by atoms with Gasteiger partial charge in [0, 0.05) is 5.56 Å². The van der Waals surface area contributed by atoms with Crippen LogP contribution in [-0.4, -0.2) is 16.2 Å². The van der Waals surface area contributed by atoms with E-state index in [2.05, 4.69) is 0 Å². The van der Waals surface area contributed by atoms with Crippen LogP contribution in [0.3, 0.4) is 0 Å². The van der Waals surface area contributed by atoms with Gasteiger partial charge >= 0.3 is 18.3 Å². The third-order valence-electron chi connectivity index (χ3n) is 2.22. The second kappa shape index (κ2) is 4.72. The van der Waals surface area contributed by atoms with Crippen molar-refractivity contribution < 1.29 is 41.4 Å². The lowest BCUT2D eigenvalue weighted by atomic mass is 9.95. The number of aliphatic hydroxyl groups excluding tert-OH is 1. The van der Waals surface area contributed by atoms with Crippen LogP contribution in [0, 0.1) is 0 Å². The Morgan fingerprint density at radius 3 is 1.63 bits per heavy atom. The summed E-state index contributed by atoms with van der Waals surface area (Å²) in [5.41, 5.74) is -5.38. The largest absolute Gasteiger partial charge is 0.479 e. The Kier molecular flexibility index (Phi) is 3.80. The highest BCUT2D eigenvalue weighted by Gasteiger charge is 2.43.